The number of hydrogen-bond acceptors (Lipinski definition) is 2. The smallest absolute Gasteiger partial charge is 0.405 e. The van der Waals surface area contributed by atoms with Gasteiger partial charge in [0, 0.05) is 12.2 Å². The second kappa shape index (κ2) is 9.91. The summed E-state index contributed by atoms with van der Waals surface area (Å²) in [6.45, 7) is 12.9. The lowest BCUT2D eigenvalue weighted by Gasteiger charge is -2.30. The summed E-state index contributed by atoms with van der Waals surface area (Å²) in [6.07, 6.45) is 2.19. The van der Waals surface area contributed by atoms with Gasteiger partial charge >= 0.3 is 7.12 Å². The van der Waals surface area contributed by atoms with Crippen molar-refractivity contribution in [1.82, 2.24) is 0 Å². The minimum atomic E-state index is -2.04. The highest BCUT2D eigenvalue weighted by Crippen LogP contribution is 2.21. The quantitative estimate of drug-likeness (QED) is 0.461. The van der Waals surface area contributed by atoms with Gasteiger partial charge in [0.05, 0.1) is 0 Å². The lowest BCUT2D eigenvalue weighted by molar-refractivity contribution is 0.137. The summed E-state index contributed by atoms with van der Waals surface area (Å²) < 4.78 is 12.4. The molecule has 0 spiro atoms. The van der Waals surface area contributed by atoms with Crippen LogP contribution >= 0.6 is 0 Å². The summed E-state index contributed by atoms with van der Waals surface area (Å²) in [5.74, 6) is 0. The average Bonchev–Trinajstić information content (AvgIpc) is 2.62. The molecule has 0 unspecified atom stereocenters. The highest BCUT2D eigenvalue weighted by atomic mass is 28.3. The van der Waals surface area contributed by atoms with Crippen LogP contribution in [0.1, 0.15) is 33.3 Å². The molecule has 142 valence electrons. The minimum absolute atomic E-state index is 0.0721. The first kappa shape index (κ1) is 21.5. The van der Waals surface area contributed by atoms with Crippen LogP contribution in [-0.2, 0) is 9.31 Å². The van der Waals surface area contributed by atoms with Gasteiger partial charge in [-0.3, -0.25) is 0 Å². The molecular formula is C23H31BO2Si. The molecule has 2 aromatic rings. The largest absolute Gasteiger partial charge is 0.494 e. The third-order valence-corrected chi connectivity index (χ3v) is 7.89. The van der Waals surface area contributed by atoms with Gasteiger partial charge < -0.3 is 9.31 Å². The van der Waals surface area contributed by atoms with E-state index in [0.717, 1.165) is 10.7 Å². The Kier molecular flexibility index (Phi) is 7.88. The third kappa shape index (κ3) is 6.37. The van der Waals surface area contributed by atoms with Crippen molar-refractivity contribution in [3.63, 3.8) is 0 Å². The summed E-state index contributed by atoms with van der Waals surface area (Å²) in [6, 6.07) is 21.0. The molecule has 0 radical (unpaired) electrons. The first-order chi connectivity index (χ1) is 12.8. The SMILES string of the molecule is CC(C)OB(OC(C)C)C(=C=Cc1ccccc1)[Si](C)(C)c1ccccc1. The van der Waals surface area contributed by atoms with Crippen LogP contribution < -0.4 is 5.19 Å². The lowest BCUT2D eigenvalue weighted by Crippen LogP contribution is -2.51. The van der Waals surface area contributed by atoms with E-state index in [9.17, 15) is 0 Å². The Balaban J connectivity index is 2.57. The molecule has 0 aliphatic carbocycles. The van der Waals surface area contributed by atoms with Gasteiger partial charge in [-0.1, -0.05) is 78.9 Å². The van der Waals surface area contributed by atoms with E-state index in [2.05, 4.69) is 61.3 Å². The lowest BCUT2D eigenvalue weighted by atomic mass is 9.88. The summed E-state index contributed by atoms with van der Waals surface area (Å²) in [7, 11) is -2.43. The monoisotopic (exact) mass is 378 g/mol. The van der Waals surface area contributed by atoms with Gasteiger partial charge in [0.1, 0.15) is 8.07 Å². The van der Waals surface area contributed by atoms with Crippen LogP contribution in [0.15, 0.2) is 71.5 Å². The number of benzene rings is 2. The van der Waals surface area contributed by atoms with E-state index in [1.165, 1.54) is 5.19 Å². The van der Waals surface area contributed by atoms with Gasteiger partial charge in [0.2, 0.25) is 0 Å². The molecule has 0 heterocycles. The molecule has 4 heteroatoms. The van der Waals surface area contributed by atoms with E-state index >= 15 is 0 Å². The van der Waals surface area contributed by atoms with Crippen molar-refractivity contribution in [2.75, 3.05) is 0 Å². The van der Waals surface area contributed by atoms with Crippen LogP contribution in [0.5, 0.6) is 0 Å². The molecule has 0 N–H and O–H groups in total. The van der Waals surface area contributed by atoms with E-state index < -0.39 is 15.2 Å². The zero-order valence-corrected chi connectivity index (χ0v) is 18.4. The second-order valence-electron chi connectivity index (χ2n) is 7.81. The average molecular weight is 378 g/mol. The summed E-state index contributed by atoms with van der Waals surface area (Å²) in [4.78, 5) is 0. The predicted octanol–water partition coefficient (Wildman–Crippen LogP) is 5.26. The van der Waals surface area contributed by atoms with Crippen LogP contribution in [0.2, 0.25) is 13.1 Å². The Bertz CT molecular complexity index is 753. The van der Waals surface area contributed by atoms with Crippen molar-refractivity contribution in [1.29, 1.82) is 0 Å². The van der Waals surface area contributed by atoms with Gasteiger partial charge in [-0.05, 0) is 44.4 Å². The molecule has 0 aromatic heterocycles. The normalized spacial score (nSPS) is 11.4. The predicted molar refractivity (Wildman–Crippen MR) is 120 cm³/mol. The van der Waals surface area contributed by atoms with E-state index in [4.69, 9.17) is 9.31 Å². The molecule has 0 aliphatic heterocycles. The first-order valence-corrected chi connectivity index (χ1v) is 12.7. The van der Waals surface area contributed by atoms with E-state index in [1.807, 2.05) is 52.0 Å². The Morgan fingerprint density at radius 1 is 0.852 bits per heavy atom. The van der Waals surface area contributed by atoms with Crippen LogP contribution in [0.25, 0.3) is 6.08 Å². The maximum atomic E-state index is 6.21. The van der Waals surface area contributed by atoms with Gasteiger partial charge in [-0.2, -0.15) is 0 Å². The maximum absolute atomic E-state index is 6.21. The number of hydrogen-bond donors (Lipinski definition) is 0. The van der Waals surface area contributed by atoms with Crippen molar-refractivity contribution in [3.8, 4) is 0 Å². The van der Waals surface area contributed by atoms with Crippen molar-refractivity contribution in [2.24, 2.45) is 0 Å². The molecule has 0 bridgehead atoms. The van der Waals surface area contributed by atoms with E-state index in [-0.39, 0.29) is 12.2 Å². The van der Waals surface area contributed by atoms with Crippen molar-refractivity contribution in [2.45, 2.75) is 53.0 Å². The zero-order chi connectivity index (χ0) is 19.9. The zero-order valence-electron chi connectivity index (χ0n) is 17.4. The van der Waals surface area contributed by atoms with E-state index in [1.54, 1.807) is 0 Å². The second-order valence-corrected chi connectivity index (χ2v) is 12.2. The molecule has 0 amide bonds. The topological polar surface area (TPSA) is 18.5 Å². The van der Waals surface area contributed by atoms with Crippen LogP contribution in [0, 0.1) is 0 Å². The fourth-order valence-corrected chi connectivity index (χ4v) is 5.42. The molecule has 2 aromatic carbocycles. The minimum Gasteiger partial charge on any atom is -0.405 e. The van der Waals surface area contributed by atoms with Crippen LogP contribution in [0.3, 0.4) is 0 Å². The Hall–Kier alpha value is -1.84. The van der Waals surface area contributed by atoms with Gasteiger partial charge in [-0.15, -0.1) is 5.73 Å². The van der Waals surface area contributed by atoms with E-state index in [0.29, 0.717) is 0 Å². The van der Waals surface area contributed by atoms with Gasteiger partial charge in [0.25, 0.3) is 0 Å². The summed E-state index contributed by atoms with van der Waals surface area (Å²) >= 11 is 0. The Labute approximate surface area is 166 Å². The molecule has 0 fully saturated rings. The number of rotatable bonds is 8. The summed E-state index contributed by atoms with van der Waals surface area (Å²) in [5.41, 5.74) is 4.71. The van der Waals surface area contributed by atoms with Crippen molar-refractivity contribution < 1.29 is 9.31 Å². The fourth-order valence-electron chi connectivity index (χ4n) is 2.93. The molecule has 2 rings (SSSR count). The Morgan fingerprint density at radius 3 is 1.81 bits per heavy atom. The highest BCUT2D eigenvalue weighted by molar-refractivity contribution is 7.04. The molecule has 0 atom stereocenters. The standard InChI is InChI=1S/C23H31BO2Si/c1-19(2)25-24(26-20(3)4)23(18-17-21-13-9-7-10-14-21)27(5,6)22-15-11-8-12-16-22/h7-17,19-20H,1-6H3. The molecular weight excluding hydrogens is 347 g/mol. The highest BCUT2D eigenvalue weighted by Gasteiger charge is 2.39. The Morgan fingerprint density at radius 2 is 1.33 bits per heavy atom. The molecule has 27 heavy (non-hydrogen) atoms. The van der Waals surface area contributed by atoms with Crippen LogP contribution in [-0.4, -0.2) is 27.4 Å². The van der Waals surface area contributed by atoms with Crippen molar-refractivity contribution in [3.05, 3.63) is 77.1 Å². The van der Waals surface area contributed by atoms with Gasteiger partial charge in [0.15, 0.2) is 0 Å². The van der Waals surface area contributed by atoms with Crippen LogP contribution in [0.4, 0.5) is 0 Å². The molecule has 2 nitrogen and oxygen atoms in total. The first-order valence-electron chi connectivity index (χ1n) is 9.69. The summed E-state index contributed by atoms with van der Waals surface area (Å²) in [5, 5.41) is 2.47. The third-order valence-electron chi connectivity index (χ3n) is 4.39. The molecule has 0 saturated carbocycles. The van der Waals surface area contributed by atoms with Gasteiger partial charge in [-0.25, -0.2) is 0 Å². The molecule has 0 aliphatic rings. The van der Waals surface area contributed by atoms with Crippen molar-refractivity contribution >= 4 is 26.5 Å². The maximum Gasteiger partial charge on any atom is 0.494 e. The fraction of sp³-hybridized carbons (Fsp3) is 0.348. The molecule has 0 saturated heterocycles.